The SMILES string of the molecule is Cc1c(OCCOC2CCCCO2)cccc1C(=O)NNC(C)(C)C. The van der Waals surface area contributed by atoms with Crippen LogP contribution in [0.5, 0.6) is 5.75 Å². The molecule has 0 aromatic heterocycles. The first-order chi connectivity index (χ1) is 11.9. The van der Waals surface area contributed by atoms with Crippen LogP contribution in [0.3, 0.4) is 0 Å². The first kappa shape index (κ1) is 19.7. The third kappa shape index (κ3) is 6.65. The standard InChI is InChI=1S/C19H30N2O4/c1-14-15(18(22)20-21-19(2,3)4)8-7-9-16(14)23-12-13-25-17-10-5-6-11-24-17/h7-9,17,21H,5-6,10-13H2,1-4H3,(H,20,22). The molecule has 1 aromatic carbocycles. The number of hydrogen-bond acceptors (Lipinski definition) is 5. The van der Waals surface area contributed by atoms with E-state index in [0.29, 0.717) is 24.5 Å². The monoisotopic (exact) mass is 350 g/mol. The van der Waals surface area contributed by atoms with Crippen molar-refractivity contribution in [3.63, 3.8) is 0 Å². The van der Waals surface area contributed by atoms with Gasteiger partial charge in [0, 0.05) is 23.3 Å². The Balaban J connectivity index is 1.83. The Labute approximate surface area is 150 Å². The van der Waals surface area contributed by atoms with Crippen molar-refractivity contribution < 1.29 is 19.0 Å². The predicted molar refractivity (Wildman–Crippen MR) is 96.6 cm³/mol. The Bertz CT molecular complexity index is 563. The molecule has 0 saturated carbocycles. The van der Waals surface area contributed by atoms with Crippen molar-refractivity contribution in [2.75, 3.05) is 19.8 Å². The van der Waals surface area contributed by atoms with E-state index in [2.05, 4.69) is 10.9 Å². The molecule has 6 nitrogen and oxygen atoms in total. The fraction of sp³-hybridized carbons (Fsp3) is 0.632. The summed E-state index contributed by atoms with van der Waals surface area (Å²) in [6.45, 7) is 9.48. The van der Waals surface area contributed by atoms with E-state index < -0.39 is 0 Å². The van der Waals surface area contributed by atoms with Gasteiger partial charge in [0.25, 0.3) is 5.91 Å². The van der Waals surface area contributed by atoms with Crippen molar-refractivity contribution in [2.24, 2.45) is 0 Å². The Morgan fingerprint density at radius 1 is 1.28 bits per heavy atom. The highest BCUT2D eigenvalue weighted by molar-refractivity contribution is 5.95. The van der Waals surface area contributed by atoms with Crippen LogP contribution >= 0.6 is 0 Å². The molecule has 6 heteroatoms. The van der Waals surface area contributed by atoms with Gasteiger partial charge in [-0.2, -0.15) is 0 Å². The van der Waals surface area contributed by atoms with E-state index in [-0.39, 0.29) is 17.7 Å². The maximum Gasteiger partial charge on any atom is 0.265 e. The van der Waals surface area contributed by atoms with E-state index in [0.717, 1.165) is 31.4 Å². The van der Waals surface area contributed by atoms with Crippen molar-refractivity contribution in [3.05, 3.63) is 29.3 Å². The van der Waals surface area contributed by atoms with Crippen molar-refractivity contribution in [2.45, 2.75) is 58.8 Å². The third-order valence-corrected chi connectivity index (χ3v) is 3.86. The topological polar surface area (TPSA) is 68.8 Å². The fourth-order valence-electron chi connectivity index (χ4n) is 2.50. The van der Waals surface area contributed by atoms with Gasteiger partial charge in [0.2, 0.25) is 0 Å². The highest BCUT2D eigenvalue weighted by Crippen LogP contribution is 2.21. The minimum atomic E-state index is -0.198. The molecular formula is C19H30N2O4. The number of carbonyl (C=O) groups excluding carboxylic acids is 1. The molecule has 1 aliphatic rings. The van der Waals surface area contributed by atoms with Gasteiger partial charge in [0.15, 0.2) is 6.29 Å². The molecule has 25 heavy (non-hydrogen) atoms. The minimum Gasteiger partial charge on any atom is -0.491 e. The van der Waals surface area contributed by atoms with Crippen LogP contribution in [0.1, 0.15) is 56.0 Å². The average molecular weight is 350 g/mol. The minimum absolute atomic E-state index is 0.112. The largest absolute Gasteiger partial charge is 0.491 e. The molecule has 140 valence electrons. The summed E-state index contributed by atoms with van der Waals surface area (Å²) in [7, 11) is 0. The number of benzene rings is 1. The van der Waals surface area contributed by atoms with Crippen LogP contribution in [0.25, 0.3) is 0 Å². The molecule has 1 amide bonds. The molecule has 1 aromatic rings. The van der Waals surface area contributed by atoms with Crippen LogP contribution < -0.4 is 15.6 Å². The summed E-state index contributed by atoms with van der Waals surface area (Å²) in [5, 5.41) is 0. The van der Waals surface area contributed by atoms with Crippen LogP contribution in [0.15, 0.2) is 18.2 Å². The van der Waals surface area contributed by atoms with Gasteiger partial charge in [-0.1, -0.05) is 6.07 Å². The van der Waals surface area contributed by atoms with Gasteiger partial charge < -0.3 is 14.2 Å². The summed E-state index contributed by atoms with van der Waals surface area (Å²) in [6.07, 6.45) is 3.08. The van der Waals surface area contributed by atoms with Gasteiger partial charge in [0.1, 0.15) is 12.4 Å². The van der Waals surface area contributed by atoms with Gasteiger partial charge in [-0.3, -0.25) is 10.2 Å². The van der Waals surface area contributed by atoms with Gasteiger partial charge >= 0.3 is 0 Å². The van der Waals surface area contributed by atoms with Crippen LogP contribution in [0.2, 0.25) is 0 Å². The van der Waals surface area contributed by atoms with Crippen molar-refractivity contribution in [1.29, 1.82) is 0 Å². The van der Waals surface area contributed by atoms with Crippen molar-refractivity contribution in [3.8, 4) is 5.75 Å². The number of nitrogens with one attached hydrogen (secondary N) is 2. The second kappa shape index (κ2) is 9.17. The van der Waals surface area contributed by atoms with E-state index in [1.807, 2.05) is 39.8 Å². The summed E-state index contributed by atoms with van der Waals surface area (Å²) >= 11 is 0. The lowest BCUT2D eigenvalue weighted by molar-refractivity contribution is -0.165. The number of amides is 1. The molecule has 1 atom stereocenters. The van der Waals surface area contributed by atoms with Crippen LogP contribution in [-0.4, -0.2) is 37.6 Å². The molecule has 2 rings (SSSR count). The zero-order chi connectivity index (χ0) is 18.3. The fourth-order valence-corrected chi connectivity index (χ4v) is 2.50. The summed E-state index contributed by atoms with van der Waals surface area (Å²) < 4.78 is 17.0. The lowest BCUT2D eigenvalue weighted by Gasteiger charge is -2.23. The Morgan fingerprint density at radius 3 is 2.76 bits per heavy atom. The molecule has 1 fully saturated rings. The lowest BCUT2D eigenvalue weighted by Crippen LogP contribution is -2.48. The lowest BCUT2D eigenvalue weighted by atomic mass is 10.1. The molecule has 2 N–H and O–H groups in total. The third-order valence-electron chi connectivity index (χ3n) is 3.86. The quantitative estimate of drug-likeness (QED) is 0.584. The predicted octanol–water partition coefficient (Wildman–Crippen LogP) is 2.95. The molecule has 1 heterocycles. The molecule has 1 aliphatic heterocycles. The van der Waals surface area contributed by atoms with Crippen molar-refractivity contribution >= 4 is 5.91 Å². The molecule has 0 radical (unpaired) electrons. The van der Waals surface area contributed by atoms with E-state index in [1.165, 1.54) is 0 Å². The Kier molecular flexibility index (Phi) is 7.23. The molecule has 0 spiro atoms. The highest BCUT2D eigenvalue weighted by atomic mass is 16.7. The van der Waals surface area contributed by atoms with E-state index in [4.69, 9.17) is 14.2 Å². The van der Waals surface area contributed by atoms with E-state index >= 15 is 0 Å². The zero-order valence-electron chi connectivity index (χ0n) is 15.7. The molecule has 0 aliphatic carbocycles. The second-order valence-corrected chi connectivity index (χ2v) is 7.27. The molecule has 0 bridgehead atoms. The second-order valence-electron chi connectivity index (χ2n) is 7.27. The molecule has 1 saturated heterocycles. The molecular weight excluding hydrogens is 320 g/mol. The maximum atomic E-state index is 12.3. The first-order valence-electron chi connectivity index (χ1n) is 8.90. The van der Waals surface area contributed by atoms with Crippen LogP contribution in [0, 0.1) is 6.92 Å². The van der Waals surface area contributed by atoms with Gasteiger partial charge in [-0.15, -0.1) is 0 Å². The average Bonchev–Trinajstić information content (AvgIpc) is 2.58. The Morgan fingerprint density at radius 2 is 2.08 bits per heavy atom. The Hall–Kier alpha value is -1.63. The summed E-state index contributed by atoms with van der Waals surface area (Å²) in [5.41, 5.74) is 6.91. The van der Waals surface area contributed by atoms with Crippen LogP contribution in [0.4, 0.5) is 0 Å². The number of carbonyl (C=O) groups is 1. The normalized spacial score (nSPS) is 18.0. The van der Waals surface area contributed by atoms with Gasteiger partial charge in [0.05, 0.1) is 6.61 Å². The van der Waals surface area contributed by atoms with E-state index in [9.17, 15) is 4.79 Å². The van der Waals surface area contributed by atoms with Gasteiger partial charge in [-0.05, 0) is 59.1 Å². The zero-order valence-corrected chi connectivity index (χ0v) is 15.7. The van der Waals surface area contributed by atoms with Gasteiger partial charge in [-0.25, -0.2) is 5.43 Å². The number of ether oxygens (including phenoxy) is 3. The first-order valence-corrected chi connectivity index (χ1v) is 8.90. The molecule has 1 unspecified atom stereocenters. The summed E-state index contributed by atoms with van der Waals surface area (Å²) in [6, 6.07) is 5.47. The maximum absolute atomic E-state index is 12.3. The number of hydrogen-bond donors (Lipinski definition) is 2. The van der Waals surface area contributed by atoms with Crippen LogP contribution in [-0.2, 0) is 9.47 Å². The number of rotatable bonds is 7. The van der Waals surface area contributed by atoms with Crippen molar-refractivity contribution in [1.82, 2.24) is 10.9 Å². The van der Waals surface area contributed by atoms with E-state index in [1.54, 1.807) is 6.07 Å². The summed E-state index contributed by atoms with van der Waals surface area (Å²) in [5.74, 6) is 0.515. The number of hydrazine groups is 1. The highest BCUT2D eigenvalue weighted by Gasteiger charge is 2.16. The summed E-state index contributed by atoms with van der Waals surface area (Å²) in [4.78, 5) is 12.3. The smallest absolute Gasteiger partial charge is 0.265 e.